The van der Waals surface area contributed by atoms with E-state index in [4.69, 9.17) is 5.73 Å². The topological polar surface area (TPSA) is 68.0 Å². The molecule has 0 bridgehead atoms. The van der Waals surface area contributed by atoms with E-state index in [0.717, 1.165) is 25.0 Å². The van der Waals surface area contributed by atoms with Crippen LogP contribution in [0.4, 0.5) is 13.2 Å². The zero-order chi connectivity index (χ0) is 17.3. The Morgan fingerprint density at radius 2 is 2.12 bits per heavy atom. The molecule has 3 N–H and O–H groups in total. The summed E-state index contributed by atoms with van der Waals surface area (Å²) in [6.45, 7) is 0.471. The molecule has 0 aliphatic heterocycles. The first kappa shape index (κ1) is 19.9. The number of aromatic nitrogens is 1. The Bertz CT molecular complexity index is 746. The van der Waals surface area contributed by atoms with E-state index in [-0.39, 0.29) is 30.8 Å². The van der Waals surface area contributed by atoms with Crippen LogP contribution < -0.4 is 11.1 Å². The average molecular weight is 394 g/mol. The van der Waals surface area contributed by atoms with Crippen LogP contribution in [-0.4, -0.2) is 23.5 Å². The van der Waals surface area contributed by atoms with E-state index in [9.17, 15) is 18.0 Å². The van der Waals surface area contributed by atoms with Gasteiger partial charge >= 0.3 is 6.18 Å². The number of nitrogens with zero attached hydrogens (tertiary/aromatic N) is 1. The van der Waals surface area contributed by atoms with Crippen LogP contribution in [0.15, 0.2) is 18.2 Å². The maximum Gasteiger partial charge on any atom is 0.416 e. The minimum atomic E-state index is -4.38. The number of nitrogens with one attached hydrogen (secondary N) is 1. The van der Waals surface area contributed by atoms with Gasteiger partial charge in [-0.05, 0) is 37.0 Å². The highest BCUT2D eigenvalue weighted by atomic mass is 35.5. The molecule has 9 heteroatoms. The van der Waals surface area contributed by atoms with Crippen molar-refractivity contribution in [3.8, 4) is 0 Å². The first-order chi connectivity index (χ1) is 11.3. The number of rotatable bonds is 6. The minimum absolute atomic E-state index is 0. The van der Waals surface area contributed by atoms with Gasteiger partial charge in [-0.25, -0.2) is 4.98 Å². The average Bonchev–Trinajstić information content (AvgIpc) is 3.29. The summed E-state index contributed by atoms with van der Waals surface area (Å²) < 4.78 is 38.8. The van der Waals surface area contributed by atoms with E-state index < -0.39 is 11.7 Å². The van der Waals surface area contributed by atoms with Crippen LogP contribution >= 0.6 is 23.7 Å². The maximum absolute atomic E-state index is 12.7. The van der Waals surface area contributed by atoms with Crippen molar-refractivity contribution in [2.45, 2.75) is 37.9 Å². The molecule has 25 heavy (non-hydrogen) atoms. The Kier molecular flexibility index (Phi) is 6.29. The predicted octanol–water partition coefficient (Wildman–Crippen LogP) is 3.52. The number of hydrogen-bond donors (Lipinski definition) is 2. The van der Waals surface area contributed by atoms with Crippen molar-refractivity contribution < 1.29 is 18.0 Å². The van der Waals surface area contributed by atoms with E-state index in [2.05, 4.69) is 10.3 Å². The van der Waals surface area contributed by atoms with Gasteiger partial charge in [0, 0.05) is 25.4 Å². The first-order valence-corrected chi connectivity index (χ1v) is 8.63. The Morgan fingerprint density at radius 3 is 2.76 bits per heavy atom. The number of fused-ring (bicyclic) bond motifs is 1. The SMILES string of the molecule is Cl.NC(CNC(=O)CCc1nc2cc(C(F)(F)F)ccc2s1)C1CC1. The number of benzene rings is 1. The molecule has 138 valence electrons. The van der Waals surface area contributed by atoms with Crippen LogP contribution in [0.5, 0.6) is 0 Å². The van der Waals surface area contributed by atoms with Crippen molar-refractivity contribution in [3.05, 3.63) is 28.8 Å². The Labute approximate surface area is 153 Å². The van der Waals surface area contributed by atoms with E-state index >= 15 is 0 Å². The van der Waals surface area contributed by atoms with E-state index in [0.29, 0.717) is 34.1 Å². The van der Waals surface area contributed by atoms with Crippen molar-refractivity contribution in [2.24, 2.45) is 11.7 Å². The largest absolute Gasteiger partial charge is 0.416 e. The van der Waals surface area contributed by atoms with Crippen LogP contribution in [0.2, 0.25) is 0 Å². The van der Waals surface area contributed by atoms with Gasteiger partial charge in [0.2, 0.25) is 5.91 Å². The number of carbonyl (C=O) groups is 1. The van der Waals surface area contributed by atoms with Crippen molar-refractivity contribution >= 4 is 39.9 Å². The van der Waals surface area contributed by atoms with Crippen molar-refractivity contribution in [3.63, 3.8) is 0 Å². The van der Waals surface area contributed by atoms with Gasteiger partial charge in [0.15, 0.2) is 0 Å². The van der Waals surface area contributed by atoms with E-state index in [1.807, 2.05) is 0 Å². The number of alkyl halides is 3. The van der Waals surface area contributed by atoms with Crippen molar-refractivity contribution in [1.82, 2.24) is 10.3 Å². The molecule has 1 saturated carbocycles. The van der Waals surface area contributed by atoms with Crippen molar-refractivity contribution in [2.75, 3.05) is 6.54 Å². The molecule has 3 rings (SSSR count). The molecule has 1 atom stereocenters. The lowest BCUT2D eigenvalue weighted by atomic mass is 10.2. The smallest absolute Gasteiger partial charge is 0.355 e. The molecule has 1 fully saturated rings. The monoisotopic (exact) mass is 393 g/mol. The van der Waals surface area contributed by atoms with Gasteiger partial charge in [-0.3, -0.25) is 4.79 Å². The second-order valence-corrected chi connectivity index (χ2v) is 7.21. The maximum atomic E-state index is 12.7. The van der Waals surface area contributed by atoms with Gasteiger partial charge in [-0.2, -0.15) is 13.2 Å². The summed E-state index contributed by atoms with van der Waals surface area (Å²) in [6.07, 6.45) is -1.46. The molecule has 1 aliphatic rings. The van der Waals surface area contributed by atoms with Crippen LogP contribution in [0.1, 0.15) is 29.8 Å². The summed E-state index contributed by atoms with van der Waals surface area (Å²) in [4.78, 5) is 16.0. The summed E-state index contributed by atoms with van der Waals surface area (Å²) in [5.74, 6) is 0.415. The molecule has 2 aromatic rings. The fraction of sp³-hybridized carbons (Fsp3) is 0.500. The van der Waals surface area contributed by atoms with Crippen LogP contribution in [-0.2, 0) is 17.4 Å². The molecule has 1 heterocycles. The highest BCUT2D eigenvalue weighted by molar-refractivity contribution is 7.18. The van der Waals surface area contributed by atoms with Crippen molar-refractivity contribution in [1.29, 1.82) is 0 Å². The Morgan fingerprint density at radius 1 is 1.40 bits per heavy atom. The second kappa shape index (κ2) is 7.88. The molecule has 1 amide bonds. The molecular formula is C16H19ClF3N3OS. The molecule has 1 aliphatic carbocycles. The highest BCUT2D eigenvalue weighted by Crippen LogP contribution is 2.33. The lowest BCUT2D eigenvalue weighted by molar-refractivity contribution is -0.137. The number of nitrogens with two attached hydrogens (primary N) is 1. The Hall–Kier alpha value is -1.38. The fourth-order valence-electron chi connectivity index (χ4n) is 2.49. The number of thiazole rings is 1. The standard InChI is InChI=1S/C16H18F3N3OS.ClH/c17-16(18,19)10-3-4-13-12(7-10)22-15(24-13)6-5-14(23)21-8-11(20)9-1-2-9;/h3-4,7,9,11H,1-2,5-6,8,20H2,(H,21,23);1H. The second-order valence-electron chi connectivity index (χ2n) is 6.09. The fourth-order valence-corrected chi connectivity index (χ4v) is 3.44. The summed E-state index contributed by atoms with van der Waals surface area (Å²) >= 11 is 1.31. The summed E-state index contributed by atoms with van der Waals surface area (Å²) in [7, 11) is 0. The van der Waals surface area contributed by atoms with Gasteiger partial charge in [-0.15, -0.1) is 23.7 Å². The summed E-state index contributed by atoms with van der Waals surface area (Å²) in [5, 5.41) is 3.46. The van der Waals surface area contributed by atoms with Gasteiger partial charge in [-0.1, -0.05) is 0 Å². The van der Waals surface area contributed by atoms with Gasteiger partial charge in [0.05, 0.1) is 20.8 Å². The molecule has 0 spiro atoms. The normalized spacial score (nSPS) is 15.7. The van der Waals surface area contributed by atoms with Crippen LogP contribution in [0.25, 0.3) is 10.2 Å². The summed E-state index contributed by atoms with van der Waals surface area (Å²) in [5.41, 5.74) is 5.53. The predicted molar refractivity (Wildman–Crippen MR) is 93.9 cm³/mol. The number of carbonyl (C=O) groups excluding carboxylic acids is 1. The lowest BCUT2D eigenvalue weighted by Crippen LogP contribution is -2.38. The van der Waals surface area contributed by atoms with Crippen LogP contribution in [0, 0.1) is 5.92 Å². The van der Waals surface area contributed by atoms with Gasteiger partial charge in [0.25, 0.3) is 0 Å². The van der Waals surface area contributed by atoms with E-state index in [1.165, 1.54) is 17.4 Å². The van der Waals surface area contributed by atoms with Gasteiger partial charge in [0.1, 0.15) is 0 Å². The molecule has 1 aromatic heterocycles. The third-order valence-corrected chi connectivity index (χ3v) is 5.18. The molecule has 1 unspecified atom stereocenters. The number of aryl methyl sites for hydroxylation is 1. The number of halogens is 4. The number of amides is 1. The third kappa shape index (κ3) is 5.29. The quantitative estimate of drug-likeness (QED) is 0.789. The zero-order valence-electron chi connectivity index (χ0n) is 13.3. The lowest BCUT2D eigenvalue weighted by Gasteiger charge is -2.11. The molecule has 4 nitrogen and oxygen atoms in total. The Balaban J connectivity index is 0.00000225. The number of hydrogen-bond acceptors (Lipinski definition) is 4. The molecule has 0 radical (unpaired) electrons. The molecular weight excluding hydrogens is 375 g/mol. The van der Waals surface area contributed by atoms with Gasteiger partial charge < -0.3 is 11.1 Å². The molecule has 1 aromatic carbocycles. The summed E-state index contributed by atoms with van der Waals surface area (Å²) in [6, 6.07) is 3.53. The highest BCUT2D eigenvalue weighted by Gasteiger charge is 2.31. The zero-order valence-corrected chi connectivity index (χ0v) is 14.9. The molecule has 0 saturated heterocycles. The van der Waals surface area contributed by atoms with E-state index in [1.54, 1.807) is 0 Å². The third-order valence-electron chi connectivity index (χ3n) is 4.09. The minimum Gasteiger partial charge on any atom is -0.355 e. The van der Waals surface area contributed by atoms with Crippen LogP contribution in [0.3, 0.4) is 0 Å². The first-order valence-electron chi connectivity index (χ1n) is 7.82.